The predicted molar refractivity (Wildman–Crippen MR) is 109 cm³/mol. The highest BCUT2D eigenvalue weighted by molar-refractivity contribution is 5.66. The van der Waals surface area contributed by atoms with Gasteiger partial charge in [-0.2, -0.15) is 0 Å². The largest absolute Gasteiger partial charge is 0.497 e. The molecule has 0 aromatic heterocycles. The van der Waals surface area contributed by atoms with Crippen LogP contribution in [0.3, 0.4) is 0 Å². The van der Waals surface area contributed by atoms with Gasteiger partial charge in [0.2, 0.25) is 0 Å². The summed E-state index contributed by atoms with van der Waals surface area (Å²) in [5, 5.41) is 3.83. The van der Waals surface area contributed by atoms with E-state index in [4.69, 9.17) is 4.74 Å². The van der Waals surface area contributed by atoms with Gasteiger partial charge >= 0.3 is 0 Å². The maximum Gasteiger partial charge on any atom is 0.118 e. The van der Waals surface area contributed by atoms with E-state index in [0.29, 0.717) is 17.9 Å². The van der Waals surface area contributed by atoms with Crippen molar-refractivity contribution in [2.24, 2.45) is 5.92 Å². The first-order valence-electron chi connectivity index (χ1n) is 9.71. The number of anilines is 2. The van der Waals surface area contributed by atoms with E-state index in [1.807, 2.05) is 0 Å². The molecule has 0 fully saturated rings. The maximum atomic E-state index is 5.32. The van der Waals surface area contributed by atoms with Crippen molar-refractivity contribution in [3.05, 3.63) is 65.7 Å². The van der Waals surface area contributed by atoms with E-state index in [0.717, 1.165) is 25.3 Å². The van der Waals surface area contributed by atoms with E-state index in [1.54, 1.807) is 7.11 Å². The molecule has 1 aliphatic heterocycles. The third kappa shape index (κ3) is 2.86. The van der Waals surface area contributed by atoms with Gasteiger partial charge in [-0.05, 0) is 67.6 Å². The van der Waals surface area contributed by atoms with Gasteiger partial charge in [0.1, 0.15) is 5.75 Å². The number of hydrogen-bond acceptors (Lipinski definition) is 3. The van der Waals surface area contributed by atoms with E-state index >= 15 is 0 Å². The Balaban J connectivity index is 1.69. The Morgan fingerprint density at radius 3 is 2.54 bits per heavy atom. The van der Waals surface area contributed by atoms with E-state index in [-0.39, 0.29) is 0 Å². The second-order valence-corrected chi connectivity index (χ2v) is 7.19. The molecule has 0 saturated carbocycles. The Morgan fingerprint density at radius 2 is 1.85 bits per heavy atom. The summed E-state index contributed by atoms with van der Waals surface area (Å²) in [6.45, 7) is 6.53. The van der Waals surface area contributed by atoms with Gasteiger partial charge in [-0.15, -0.1) is 0 Å². The molecule has 0 amide bonds. The van der Waals surface area contributed by atoms with Crippen molar-refractivity contribution in [2.75, 3.05) is 30.4 Å². The van der Waals surface area contributed by atoms with Gasteiger partial charge in [0.25, 0.3) is 0 Å². The summed E-state index contributed by atoms with van der Waals surface area (Å²) in [7, 11) is 1.72. The van der Waals surface area contributed by atoms with Crippen LogP contribution in [0.4, 0.5) is 11.4 Å². The van der Waals surface area contributed by atoms with Crippen molar-refractivity contribution in [1.29, 1.82) is 0 Å². The summed E-state index contributed by atoms with van der Waals surface area (Å²) < 4.78 is 5.32. The fourth-order valence-corrected chi connectivity index (χ4v) is 4.51. The molecule has 0 bridgehead atoms. The standard InChI is InChI=1S/C23H28N2O/c1-4-25(5-2)17-11-14-22-21(15-17)19-7-6-8-20(19)23(24-22)16-9-12-18(26-3)13-10-16/h6-7,9-15,19-20,23-24H,4-5,8H2,1-3H3. The van der Waals surface area contributed by atoms with E-state index in [2.05, 4.69) is 78.7 Å². The minimum Gasteiger partial charge on any atom is -0.497 e. The molecule has 3 unspecified atom stereocenters. The first kappa shape index (κ1) is 17.0. The molecule has 0 radical (unpaired) electrons. The Labute approximate surface area is 156 Å². The number of fused-ring (bicyclic) bond motifs is 3. The zero-order valence-electron chi connectivity index (χ0n) is 15.9. The lowest BCUT2D eigenvalue weighted by atomic mass is 9.77. The Morgan fingerprint density at radius 1 is 1.08 bits per heavy atom. The van der Waals surface area contributed by atoms with E-state index in [9.17, 15) is 0 Å². The summed E-state index contributed by atoms with van der Waals surface area (Å²) in [5.41, 5.74) is 5.38. The quantitative estimate of drug-likeness (QED) is 0.735. The van der Waals surface area contributed by atoms with Crippen molar-refractivity contribution < 1.29 is 4.74 Å². The third-order valence-electron chi connectivity index (χ3n) is 5.95. The number of allylic oxidation sites excluding steroid dienone is 2. The number of rotatable bonds is 5. The van der Waals surface area contributed by atoms with Crippen LogP contribution in [-0.4, -0.2) is 20.2 Å². The fraction of sp³-hybridized carbons (Fsp3) is 0.391. The summed E-state index contributed by atoms with van der Waals surface area (Å²) in [6, 6.07) is 15.8. The molecule has 3 nitrogen and oxygen atoms in total. The number of ether oxygens (including phenoxy) is 1. The van der Waals surface area contributed by atoms with Gasteiger partial charge < -0.3 is 15.0 Å². The van der Waals surface area contributed by atoms with Crippen LogP contribution in [0.25, 0.3) is 0 Å². The van der Waals surface area contributed by atoms with Crippen molar-refractivity contribution in [3.8, 4) is 5.75 Å². The SMILES string of the molecule is CCN(CC)c1ccc2c(c1)C1C=CCC1C(c1ccc(OC)cc1)N2. The molecule has 3 heteroatoms. The van der Waals surface area contributed by atoms with Crippen LogP contribution < -0.4 is 15.0 Å². The topological polar surface area (TPSA) is 24.5 Å². The van der Waals surface area contributed by atoms with Gasteiger partial charge in [0.05, 0.1) is 13.2 Å². The molecular formula is C23H28N2O. The highest BCUT2D eigenvalue weighted by Crippen LogP contribution is 2.50. The first-order chi connectivity index (χ1) is 12.7. The molecule has 4 rings (SSSR count). The molecule has 26 heavy (non-hydrogen) atoms. The molecule has 0 saturated heterocycles. The average Bonchev–Trinajstić information content (AvgIpc) is 3.19. The smallest absolute Gasteiger partial charge is 0.118 e. The molecule has 2 aliphatic rings. The lowest BCUT2D eigenvalue weighted by Gasteiger charge is -2.38. The molecular weight excluding hydrogens is 320 g/mol. The van der Waals surface area contributed by atoms with Crippen LogP contribution in [0.15, 0.2) is 54.6 Å². The zero-order valence-corrected chi connectivity index (χ0v) is 15.9. The highest BCUT2D eigenvalue weighted by Gasteiger charge is 2.38. The van der Waals surface area contributed by atoms with Gasteiger partial charge in [-0.25, -0.2) is 0 Å². The molecule has 1 heterocycles. The highest BCUT2D eigenvalue weighted by atomic mass is 16.5. The van der Waals surface area contributed by atoms with Crippen LogP contribution in [0.1, 0.15) is 43.4 Å². The van der Waals surface area contributed by atoms with Crippen LogP contribution >= 0.6 is 0 Å². The van der Waals surface area contributed by atoms with Crippen molar-refractivity contribution in [3.63, 3.8) is 0 Å². The minimum absolute atomic E-state index is 0.340. The normalized spacial score (nSPS) is 23.1. The molecule has 136 valence electrons. The monoisotopic (exact) mass is 348 g/mol. The first-order valence-corrected chi connectivity index (χ1v) is 9.71. The average molecular weight is 348 g/mol. The third-order valence-corrected chi connectivity index (χ3v) is 5.95. The molecule has 2 aromatic carbocycles. The van der Waals surface area contributed by atoms with Crippen molar-refractivity contribution in [2.45, 2.75) is 32.2 Å². The Hall–Kier alpha value is -2.42. The van der Waals surface area contributed by atoms with Crippen LogP contribution in [0.2, 0.25) is 0 Å². The van der Waals surface area contributed by atoms with Gasteiger partial charge in [-0.3, -0.25) is 0 Å². The van der Waals surface area contributed by atoms with Crippen LogP contribution in [0.5, 0.6) is 5.75 Å². The second kappa shape index (κ2) is 7.06. The summed E-state index contributed by atoms with van der Waals surface area (Å²) in [4.78, 5) is 2.42. The molecule has 1 aliphatic carbocycles. The molecule has 1 N–H and O–H groups in total. The predicted octanol–water partition coefficient (Wildman–Crippen LogP) is 5.37. The Bertz CT molecular complexity index is 792. The van der Waals surface area contributed by atoms with Gasteiger partial charge in [0, 0.05) is 30.4 Å². The minimum atomic E-state index is 0.340. The summed E-state index contributed by atoms with van der Waals surface area (Å²) in [6.07, 6.45) is 5.89. The molecule has 3 atom stereocenters. The number of methoxy groups -OCH3 is 1. The Kier molecular flexibility index (Phi) is 4.62. The molecule has 0 spiro atoms. The second-order valence-electron chi connectivity index (χ2n) is 7.19. The number of nitrogens with zero attached hydrogens (tertiary/aromatic N) is 1. The van der Waals surface area contributed by atoms with Crippen molar-refractivity contribution in [1.82, 2.24) is 0 Å². The number of hydrogen-bond donors (Lipinski definition) is 1. The molecule has 2 aromatic rings. The number of benzene rings is 2. The maximum absolute atomic E-state index is 5.32. The number of nitrogens with one attached hydrogen (secondary N) is 1. The summed E-state index contributed by atoms with van der Waals surface area (Å²) in [5.74, 6) is 1.98. The van der Waals surface area contributed by atoms with Crippen LogP contribution in [-0.2, 0) is 0 Å². The van der Waals surface area contributed by atoms with E-state index < -0.39 is 0 Å². The van der Waals surface area contributed by atoms with Crippen molar-refractivity contribution >= 4 is 11.4 Å². The zero-order chi connectivity index (χ0) is 18.1. The summed E-state index contributed by atoms with van der Waals surface area (Å²) >= 11 is 0. The van der Waals surface area contributed by atoms with Gasteiger partial charge in [0.15, 0.2) is 0 Å². The lowest BCUT2D eigenvalue weighted by molar-refractivity contribution is 0.411. The van der Waals surface area contributed by atoms with Gasteiger partial charge in [-0.1, -0.05) is 24.3 Å². The lowest BCUT2D eigenvalue weighted by Crippen LogP contribution is -2.29. The van der Waals surface area contributed by atoms with Crippen LogP contribution in [0, 0.1) is 5.92 Å². The van der Waals surface area contributed by atoms with E-state index in [1.165, 1.54) is 22.5 Å². The fourth-order valence-electron chi connectivity index (χ4n) is 4.51.